The second-order valence-electron chi connectivity index (χ2n) is 4.83. The number of hydrogen-bond donors (Lipinski definition) is 1. The molecule has 1 atom stereocenters. The Morgan fingerprint density at radius 1 is 1.33 bits per heavy atom. The molecule has 0 aliphatic rings. The van der Waals surface area contributed by atoms with Crippen molar-refractivity contribution in [3.8, 4) is 0 Å². The summed E-state index contributed by atoms with van der Waals surface area (Å²) in [4.78, 5) is 8.52. The van der Waals surface area contributed by atoms with Gasteiger partial charge in [0.1, 0.15) is 4.60 Å². The monoisotopic (exact) mass is 310 g/mol. The lowest BCUT2D eigenvalue weighted by molar-refractivity contribution is 0.385. The second kappa shape index (κ2) is 5.80. The maximum absolute atomic E-state index is 4.35. The van der Waals surface area contributed by atoms with Crippen LogP contribution in [0.25, 0.3) is 5.65 Å². The number of rotatable bonds is 5. The summed E-state index contributed by atoms with van der Waals surface area (Å²) in [5.74, 6) is 0.641. The van der Waals surface area contributed by atoms with Crippen molar-refractivity contribution < 1.29 is 0 Å². The molecule has 0 fully saturated rings. The number of hydrogen-bond acceptors (Lipinski definition) is 3. The Morgan fingerprint density at radius 3 is 2.78 bits per heavy atom. The average Bonchev–Trinajstić information content (AvgIpc) is 2.72. The molecule has 2 aromatic heterocycles. The quantitative estimate of drug-likeness (QED) is 0.923. The molecule has 0 bridgehead atoms. The molecule has 2 heterocycles. The first-order valence-corrected chi connectivity index (χ1v) is 7.12. The van der Waals surface area contributed by atoms with Gasteiger partial charge in [-0.3, -0.25) is 4.40 Å². The fraction of sp³-hybridized carbons (Fsp3) is 0.538. The third-order valence-corrected chi connectivity index (χ3v) is 3.64. The third-order valence-electron chi connectivity index (χ3n) is 3.23. The summed E-state index contributed by atoms with van der Waals surface area (Å²) in [6, 6.07) is 0.542. The number of nitrogens with one attached hydrogen (secondary N) is 1. The molecular weight excluding hydrogens is 292 g/mol. The van der Waals surface area contributed by atoms with Gasteiger partial charge in [0.2, 0.25) is 0 Å². The number of fused-ring (bicyclic) bond motifs is 1. The number of nitrogens with zero attached hydrogens (tertiary/aromatic N) is 3. The van der Waals surface area contributed by atoms with Gasteiger partial charge in [0, 0.05) is 18.8 Å². The van der Waals surface area contributed by atoms with Gasteiger partial charge in [-0.15, -0.1) is 0 Å². The van der Waals surface area contributed by atoms with Crippen LogP contribution in [0.1, 0.15) is 32.9 Å². The number of halogens is 1. The fourth-order valence-corrected chi connectivity index (χ4v) is 2.44. The van der Waals surface area contributed by atoms with Crippen LogP contribution < -0.4 is 5.32 Å². The molecular formula is C13H19BrN4. The highest BCUT2D eigenvalue weighted by molar-refractivity contribution is 9.10. The first kappa shape index (κ1) is 13.5. The van der Waals surface area contributed by atoms with E-state index in [1.165, 1.54) is 0 Å². The highest BCUT2D eigenvalue weighted by Crippen LogP contribution is 2.12. The maximum atomic E-state index is 4.35. The lowest BCUT2D eigenvalue weighted by atomic mass is 10.0. The van der Waals surface area contributed by atoms with Gasteiger partial charge in [0.25, 0.3) is 0 Å². The third kappa shape index (κ3) is 2.90. The Morgan fingerprint density at radius 2 is 2.11 bits per heavy atom. The molecule has 4 nitrogen and oxygen atoms in total. The van der Waals surface area contributed by atoms with Crippen molar-refractivity contribution in [1.82, 2.24) is 19.7 Å². The summed E-state index contributed by atoms with van der Waals surface area (Å²) < 4.78 is 2.89. The van der Waals surface area contributed by atoms with E-state index in [-0.39, 0.29) is 0 Å². The normalized spacial score (nSPS) is 13.4. The molecule has 2 aromatic rings. The minimum Gasteiger partial charge on any atom is -0.308 e. The molecule has 0 saturated heterocycles. The predicted molar refractivity (Wildman–Crippen MR) is 76.4 cm³/mol. The summed E-state index contributed by atoms with van der Waals surface area (Å²) in [6.07, 6.45) is 6.77. The molecule has 0 radical (unpaired) electrons. The van der Waals surface area contributed by atoms with Crippen molar-refractivity contribution in [2.24, 2.45) is 5.92 Å². The van der Waals surface area contributed by atoms with E-state index < -0.39 is 0 Å². The van der Waals surface area contributed by atoms with E-state index in [0.29, 0.717) is 12.0 Å². The smallest absolute Gasteiger partial charge is 0.155 e. The Hall–Kier alpha value is -0.940. The van der Waals surface area contributed by atoms with Crippen LogP contribution in [0.15, 0.2) is 23.2 Å². The van der Waals surface area contributed by atoms with Gasteiger partial charge < -0.3 is 5.32 Å². The van der Waals surface area contributed by atoms with Crippen LogP contribution in [0.3, 0.4) is 0 Å². The Balaban J connectivity index is 2.14. The van der Waals surface area contributed by atoms with E-state index in [1.807, 2.05) is 12.4 Å². The summed E-state index contributed by atoms with van der Waals surface area (Å²) in [5.41, 5.74) is 2.04. The Kier molecular flexibility index (Phi) is 4.35. The van der Waals surface area contributed by atoms with Crippen LogP contribution in [-0.2, 0) is 6.54 Å². The van der Waals surface area contributed by atoms with Crippen LogP contribution in [-0.4, -0.2) is 20.4 Å². The van der Waals surface area contributed by atoms with Crippen molar-refractivity contribution in [1.29, 1.82) is 0 Å². The van der Waals surface area contributed by atoms with Gasteiger partial charge in [0.15, 0.2) is 5.65 Å². The van der Waals surface area contributed by atoms with E-state index in [1.54, 1.807) is 6.20 Å². The van der Waals surface area contributed by atoms with Crippen LogP contribution in [0, 0.1) is 5.92 Å². The minimum atomic E-state index is 0.542. The van der Waals surface area contributed by atoms with Crippen LogP contribution in [0.4, 0.5) is 0 Å². The molecule has 18 heavy (non-hydrogen) atoms. The first-order chi connectivity index (χ1) is 8.61. The van der Waals surface area contributed by atoms with Gasteiger partial charge in [-0.05, 0) is 28.3 Å². The summed E-state index contributed by atoms with van der Waals surface area (Å²) in [6.45, 7) is 7.54. The van der Waals surface area contributed by atoms with E-state index in [4.69, 9.17) is 0 Å². The minimum absolute atomic E-state index is 0.542. The molecule has 0 spiro atoms. The fourth-order valence-electron chi connectivity index (χ4n) is 2.13. The van der Waals surface area contributed by atoms with Gasteiger partial charge >= 0.3 is 0 Å². The van der Waals surface area contributed by atoms with Crippen LogP contribution in [0.2, 0.25) is 0 Å². The molecule has 1 unspecified atom stereocenters. The summed E-state index contributed by atoms with van der Waals surface area (Å²) in [5, 5.41) is 3.59. The highest BCUT2D eigenvalue weighted by atomic mass is 79.9. The molecule has 0 aromatic carbocycles. The number of imidazole rings is 1. The molecule has 0 amide bonds. The summed E-state index contributed by atoms with van der Waals surface area (Å²) in [7, 11) is 0. The van der Waals surface area contributed by atoms with Crippen molar-refractivity contribution in [3.63, 3.8) is 0 Å². The zero-order chi connectivity index (χ0) is 13.1. The molecule has 0 aliphatic carbocycles. The second-order valence-corrected chi connectivity index (χ2v) is 5.64. The lowest BCUT2D eigenvalue weighted by Gasteiger charge is -2.20. The standard InChI is InChI=1S/C13H19BrN4/c1-4-11(9(2)3)15-5-10-6-17-13-7-16-12(14)8-18(10)13/h6-9,11,15H,4-5H2,1-3H3. The Labute approximate surface area is 116 Å². The van der Waals surface area contributed by atoms with Crippen molar-refractivity contribution in [2.45, 2.75) is 39.8 Å². The molecule has 2 rings (SSSR count). The van der Waals surface area contributed by atoms with Crippen LogP contribution >= 0.6 is 15.9 Å². The molecule has 1 N–H and O–H groups in total. The van der Waals surface area contributed by atoms with Gasteiger partial charge in [-0.25, -0.2) is 9.97 Å². The largest absolute Gasteiger partial charge is 0.308 e. The lowest BCUT2D eigenvalue weighted by Crippen LogP contribution is -2.32. The zero-order valence-electron chi connectivity index (χ0n) is 11.0. The molecule has 0 saturated carbocycles. The molecule has 98 valence electrons. The molecule has 5 heteroatoms. The SMILES string of the molecule is CCC(NCc1cnc2cnc(Br)cn12)C(C)C. The highest BCUT2D eigenvalue weighted by Gasteiger charge is 2.11. The van der Waals surface area contributed by atoms with E-state index in [9.17, 15) is 0 Å². The van der Waals surface area contributed by atoms with E-state index >= 15 is 0 Å². The van der Waals surface area contributed by atoms with Gasteiger partial charge in [-0.2, -0.15) is 0 Å². The van der Waals surface area contributed by atoms with E-state index in [0.717, 1.165) is 28.9 Å². The van der Waals surface area contributed by atoms with Crippen molar-refractivity contribution in [2.75, 3.05) is 0 Å². The van der Waals surface area contributed by atoms with Crippen LogP contribution in [0.5, 0.6) is 0 Å². The first-order valence-electron chi connectivity index (χ1n) is 6.32. The Bertz CT molecular complexity index is 521. The van der Waals surface area contributed by atoms with Crippen molar-refractivity contribution >= 4 is 21.6 Å². The maximum Gasteiger partial charge on any atom is 0.155 e. The van der Waals surface area contributed by atoms with Gasteiger partial charge in [0.05, 0.1) is 18.1 Å². The molecule has 0 aliphatic heterocycles. The topological polar surface area (TPSA) is 42.2 Å². The van der Waals surface area contributed by atoms with Gasteiger partial charge in [-0.1, -0.05) is 20.8 Å². The zero-order valence-corrected chi connectivity index (χ0v) is 12.6. The summed E-state index contributed by atoms with van der Waals surface area (Å²) >= 11 is 3.39. The van der Waals surface area contributed by atoms with Crippen molar-refractivity contribution in [3.05, 3.63) is 28.9 Å². The number of aromatic nitrogens is 3. The average molecular weight is 311 g/mol. The van der Waals surface area contributed by atoms with E-state index in [2.05, 4.69) is 56.4 Å². The predicted octanol–water partition coefficient (Wildman–Crippen LogP) is 3.02.